The number of Topliss-reactive ketones (excluding diaryl/α,β-unsaturated/α-hetero) is 2. The molecule has 0 N–H and O–H groups in total. The molecule has 0 aromatic heterocycles. The molecule has 0 fully saturated rings. The van der Waals surface area contributed by atoms with Crippen LogP contribution in [0.15, 0.2) is 146 Å². The Labute approximate surface area is 287 Å². The Morgan fingerprint density at radius 3 is 0.755 bits per heavy atom. The summed E-state index contributed by atoms with van der Waals surface area (Å²) >= 11 is 0. The number of ketones is 4. The lowest BCUT2D eigenvalue weighted by Crippen LogP contribution is -2.45. The summed E-state index contributed by atoms with van der Waals surface area (Å²) in [7, 11) is 0. The van der Waals surface area contributed by atoms with E-state index in [0.717, 1.165) is 22.3 Å². The van der Waals surface area contributed by atoms with Crippen LogP contribution in [0.25, 0.3) is 0 Å². The van der Waals surface area contributed by atoms with Crippen molar-refractivity contribution in [3.05, 3.63) is 212 Å². The van der Waals surface area contributed by atoms with Gasteiger partial charge in [-0.2, -0.15) is 0 Å². The van der Waals surface area contributed by atoms with E-state index in [1.807, 2.05) is 76.2 Å². The average molecular weight is 641 g/mol. The predicted molar refractivity (Wildman–Crippen MR) is 194 cm³/mol. The molecule has 0 spiro atoms. The molecule has 240 valence electrons. The number of hydrogen-bond acceptors (Lipinski definition) is 4. The number of aryl methyl sites for hydroxylation is 4. The van der Waals surface area contributed by atoms with Gasteiger partial charge in [0.2, 0.25) is 0 Å². The molecule has 0 atom stereocenters. The zero-order chi connectivity index (χ0) is 34.7. The summed E-state index contributed by atoms with van der Waals surface area (Å²) in [5, 5.41) is 0. The fraction of sp³-hybridized carbons (Fsp3) is 0.111. The van der Waals surface area contributed by atoms with Gasteiger partial charge < -0.3 is 0 Å². The van der Waals surface area contributed by atoms with Crippen molar-refractivity contribution in [2.75, 3.05) is 0 Å². The van der Waals surface area contributed by atoms with Crippen molar-refractivity contribution in [3.63, 3.8) is 0 Å². The first-order valence-corrected chi connectivity index (χ1v) is 16.2. The number of rotatable bonds is 10. The van der Waals surface area contributed by atoms with Crippen molar-refractivity contribution in [2.45, 2.75) is 33.1 Å². The van der Waals surface area contributed by atoms with Crippen LogP contribution in [0.2, 0.25) is 0 Å². The maximum Gasteiger partial charge on any atom is 0.193 e. The first kappa shape index (κ1) is 32.9. The van der Waals surface area contributed by atoms with Crippen LogP contribution in [-0.2, 0) is 5.41 Å². The molecule has 0 aliphatic rings. The number of carbonyl (C=O) groups is 4. The molecule has 0 saturated heterocycles. The third kappa shape index (κ3) is 6.46. The molecule has 0 bridgehead atoms. The van der Waals surface area contributed by atoms with Gasteiger partial charge in [-0.1, -0.05) is 168 Å². The maximum absolute atomic E-state index is 15.1. The summed E-state index contributed by atoms with van der Waals surface area (Å²) in [4.78, 5) is 57.0. The highest BCUT2D eigenvalue weighted by Crippen LogP contribution is 2.40. The van der Waals surface area contributed by atoms with E-state index >= 15 is 9.59 Å². The molecule has 49 heavy (non-hydrogen) atoms. The van der Waals surface area contributed by atoms with Gasteiger partial charge in [0, 0.05) is 33.4 Å². The lowest BCUT2D eigenvalue weighted by Gasteiger charge is -2.33. The maximum atomic E-state index is 15.1. The Bertz CT molecular complexity index is 1990. The van der Waals surface area contributed by atoms with Gasteiger partial charge in [0.1, 0.15) is 5.41 Å². The SMILES string of the molecule is Cc1ccc(C(=O)c2ccc(C(C(=O)c3ccc(C)cc3)(C(=O)c3ccc(C)cc3)c3ccc(C(=O)c4ccc(C)cc4)cc3)cc2)cc1. The quantitative estimate of drug-likeness (QED) is 0.111. The molecule has 0 saturated carbocycles. The molecular weight excluding hydrogens is 604 g/mol. The van der Waals surface area contributed by atoms with Gasteiger partial charge in [0.05, 0.1) is 0 Å². The first-order valence-electron chi connectivity index (χ1n) is 16.2. The smallest absolute Gasteiger partial charge is 0.193 e. The second kappa shape index (κ2) is 13.6. The molecule has 0 heterocycles. The van der Waals surface area contributed by atoms with Crippen LogP contribution in [0.5, 0.6) is 0 Å². The number of hydrogen-bond donors (Lipinski definition) is 0. The van der Waals surface area contributed by atoms with Gasteiger partial charge in [-0.25, -0.2) is 0 Å². The minimum atomic E-state index is -1.83. The van der Waals surface area contributed by atoms with Gasteiger partial charge in [-0.3, -0.25) is 19.2 Å². The molecule has 6 aromatic rings. The van der Waals surface area contributed by atoms with Crippen LogP contribution in [0.4, 0.5) is 0 Å². The summed E-state index contributed by atoms with van der Waals surface area (Å²) in [5.74, 6) is -1.14. The van der Waals surface area contributed by atoms with Crippen molar-refractivity contribution in [2.24, 2.45) is 0 Å². The topological polar surface area (TPSA) is 68.3 Å². The lowest BCUT2D eigenvalue weighted by atomic mass is 9.65. The van der Waals surface area contributed by atoms with Crippen molar-refractivity contribution in [1.82, 2.24) is 0 Å². The highest BCUT2D eigenvalue weighted by atomic mass is 16.2. The molecule has 6 rings (SSSR count). The fourth-order valence-electron chi connectivity index (χ4n) is 6.12. The fourth-order valence-corrected chi connectivity index (χ4v) is 6.12. The van der Waals surface area contributed by atoms with Crippen LogP contribution in [0.3, 0.4) is 0 Å². The summed E-state index contributed by atoms with van der Waals surface area (Å²) in [6.45, 7) is 7.80. The Morgan fingerprint density at radius 2 is 0.510 bits per heavy atom. The molecule has 0 amide bonds. The van der Waals surface area contributed by atoms with E-state index in [1.54, 1.807) is 97.1 Å². The molecular formula is C45H36O4. The standard InChI is InChI=1S/C45H36O4/c1-29-5-13-33(14-6-29)41(46)35-21-25-39(26-22-35)45(43(48)37-17-9-31(3)10-18-37,44(49)38-19-11-32(4)12-20-38)40-27-23-36(24-28-40)42(47)34-15-7-30(2)8-16-34/h5-28H,1-4H3. The van der Waals surface area contributed by atoms with Crippen LogP contribution in [-0.4, -0.2) is 23.1 Å². The van der Waals surface area contributed by atoms with Gasteiger partial charge in [0.15, 0.2) is 23.1 Å². The van der Waals surface area contributed by atoms with E-state index < -0.39 is 17.0 Å². The summed E-state index contributed by atoms with van der Waals surface area (Å²) in [5.41, 5.74) is 5.75. The Kier molecular flexibility index (Phi) is 9.15. The van der Waals surface area contributed by atoms with Crippen LogP contribution < -0.4 is 0 Å². The normalized spacial score (nSPS) is 11.2. The third-order valence-corrected chi connectivity index (χ3v) is 9.10. The van der Waals surface area contributed by atoms with Gasteiger partial charge in [0.25, 0.3) is 0 Å². The first-order chi connectivity index (χ1) is 23.6. The van der Waals surface area contributed by atoms with Crippen molar-refractivity contribution in [1.29, 1.82) is 0 Å². The molecule has 4 heteroatoms. The van der Waals surface area contributed by atoms with E-state index in [1.165, 1.54) is 0 Å². The van der Waals surface area contributed by atoms with E-state index in [9.17, 15) is 9.59 Å². The predicted octanol–water partition coefficient (Wildman–Crippen LogP) is 9.43. The van der Waals surface area contributed by atoms with Crippen LogP contribution in [0.1, 0.15) is 85.9 Å². The number of benzene rings is 6. The zero-order valence-corrected chi connectivity index (χ0v) is 28.0. The highest BCUT2D eigenvalue weighted by molar-refractivity contribution is 6.27. The Balaban J connectivity index is 1.54. The lowest BCUT2D eigenvalue weighted by molar-refractivity contribution is 0.0796. The molecule has 0 unspecified atom stereocenters. The highest BCUT2D eigenvalue weighted by Gasteiger charge is 2.49. The Hall–Kier alpha value is -6.00. The largest absolute Gasteiger partial charge is 0.292 e. The van der Waals surface area contributed by atoms with E-state index in [2.05, 4.69) is 0 Å². The van der Waals surface area contributed by atoms with Crippen molar-refractivity contribution < 1.29 is 19.2 Å². The number of carbonyl (C=O) groups excluding carboxylic acids is 4. The summed E-state index contributed by atoms with van der Waals surface area (Å²) in [6.07, 6.45) is 0. The van der Waals surface area contributed by atoms with Crippen molar-refractivity contribution in [3.8, 4) is 0 Å². The minimum Gasteiger partial charge on any atom is -0.292 e. The third-order valence-electron chi connectivity index (χ3n) is 9.10. The molecule has 4 nitrogen and oxygen atoms in total. The summed E-state index contributed by atoms with van der Waals surface area (Å²) in [6, 6.07) is 42.5. The van der Waals surface area contributed by atoms with Gasteiger partial charge in [-0.05, 0) is 38.8 Å². The second-order valence-corrected chi connectivity index (χ2v) is 12.7. The van der Waals surface area contributed by atoms with E-state index in [-0.39, 0.29) is 11.6 Å². The molecule has 0 aliphatic heterocycles. The van der Waals surface area contributed by atoms with E-state index in [4.69, 9.17) is 0 Å². The summed E-state index contributed by atoms with van der Waals surface area (Å²) < 4.78 is 0. The molecule has 0 aliphatic carbocycles. The van der Waals surface area contributed by atoms with Crippen LogP contribution >= 0.6 is 0 Å². The molecule has 0 radical (unpaired) electrons. The van der Waals surface area contributed by atoms with E-state index in [0.29, 0.717) is 44.5 Å². The van der Waals surface area contributed by atoms with Gasteiger partial charge in [-0.15, -0.1) is 0 Å². The van der Waals surface area contributed by atoms with Crippen molar-refractivity contribution >= 4 is 23.1 Å². The monoisotopic (exact) mass is 640 g/mol. The Morgan fingerprint density at radius 1 is 0.306 bits per heavy atom. The molecule has 6 aromatic carbocycles. The minimum absolute atomic E-state index is 0.161. The van der Waals surface area contributed by atoms with Gasteiger partial charge >= 0.3 is 0 Å². The zero-order valence-electron chi connectivity index (χ0n) is 28.0. The second-order valence-electron chi connectivity index (χ2n) is 12.7. The van der Waals surface area contributed by atoms with Crippen LogP contribution in [0, 0.1) is 27.7 Å². The average Bonchev–Trinajstić information content (AvgIpc) is 3.13.